The number of ether oxygens (including phenoxy) is 1. The molecule has 0 aliphatic carbocycles. The molecule has 1 aromatic carbocycles. The molecule has 1 aromatic rings. The number of carbonyl (C=O) groups is 1. The van der Waals surface area contributed by atoms with Gasteiger partial charge in [0, 0.05) is 32.4 Å². The van der Waals surface area contributed by atoms with Crippen LogP contribution < -0.4 is 15.5 Å². The summed E-state index contributed by atoms with van der Waals surface area (Å²) in [5, 5.41) is 6.46. The maximum Gasteiger partial charge on any atom is 0.228 e. The predicted octanol–water partition coefficient (Wildman–Crippen LogP) is 1.95. The number of para-hydroxylation sites is 1. The van der Waals surface area contributed by atoms with Crippen molar-refractivity contribution < 1.29 is 9.53 Å². The van der Waals surface area contributed by atoms with Crippen LogP contribution in [0.4, 0.5) is 5.69 Å². The van der Waals surface area contributed by atoms with Crippen molar-refractivity contribution in [3.05, 3.63) is 29.8 Å². The fraction of sp³-hybridized carbons (Fsp3) is 0.632. The van der Waals surface area contributed by atoms with E-state index in [0.29, 0.717) is 13.2 Å². The van der Waals surface area contributed by atoms with E-state index in [0.717, 1.165) is 39.0 Å². The van der Waals surface area contributed by atoms with E-state index in [1.165, 1.54) is 11.3 Å². The number of nitrogens with one attached hydrogen (secondary N) is 2. The minimum absolute atomic E-state index is 0.131. The summed E-state index contributed by atoms with van der Waals surface area (Å²) in [6.45, 7) is 8.91. The first-order chi connectivity index (χ1) is 11.6. The van der Waals surface area contributed by atoms with E-state index in [1.807, 2.05) is 0 Å². The maximum absolute atomic E-state index is 12.7. The highest BCUT2D eigenvalue weighted by Gasteiger charge is 2.39. The topological polar surface area (TPSA) is 53.6 Å². The minimum atomic E-state index is -0.375. The van der Waals surface area contributed by atoms with Crippen LogP contribution in [0.15, 0.2) is 24.3 Å². The van der Waals surface area contributed by atoms with Gasteiger partial charge in [-0.05, 0) is 51.4 Å². The molecule has 1 aliphatic heterocycles. The number of benzene rings is 1. The van der Waals surface area contributed by atoms with Crippen molar-refractivity contribution in [3.63, 3.8) is 0 Å². The number of nitrogens with zero attached hydrogens (tertiary/aromatic N) is 1. The quantitative estimate of drug-likeness (QED) is 0.763. The minimum Gasteiger partial charge on any atom is -0.384 e. The fourth-order valence-electron chi connectivity index (χ4n) is 3.48. The second-order valence-electron chi connectivity index (χ2n) is 6.59. The van der Waals surface area contributed by atoms with Crippen LogP contribution in [0.1, 0.15) is 25.3 Å². The van der Waals surface area contributed by atoms with Crippen molar-refractivity contribution in [2.45, 2.75) is 26.7 Å². The summed E-state index contributed by atoms with van der Waals surface area (Å²) in [6.07, 6.45) is 1.67. The summed E-state index contributed by atoms with van der Waals surface area (Å²) >= 11 is 0. The average molecular weight is 333 g/mol. The predicted molar refractivity (Wildman–Crippen MR) is 98.5 cm³/mol. The number of carbonyl (C=O) groups excluding carboxylic acids is 1. The lowest BCUT2D eigenvalue weighted by Gasteiger charge is -2.36. The first kappa shape index (κ1) is 18.7. The highest BCUT2D eigenvalue weighted by atomic mass is 16.5. The number of anilines is 1. The number of amides is 1. The SMILES string of the molecule is CCN(CCNC(=O)C1(COC)CCNCC1)c1ccccc1C. The molecule has 0 spiro atoms. The van der Waals surface area contributed by atoms with Crippen LogP contribution in [0.25, 0.3) is 0 Å². The van der Waals surface area contributed by atoms with Crippen LogP contribution in [0.3, 0.4) is 0 Å². The maximum atomic E-state index is 12.7. The lowest BCUT2D eigenvalue weighted by Crippen LogP contribution is -2.51. The van der Waals surface area contributed by atoms with Crippen molar-refractivity contribution in [1.82, 2.24) is 10.6 Å². The number of piperidine rings is 1. The molecule has 24 heavy (non-hydrogen) atoms. The van der Waals surface area contributed by atoms with Crippen molar-refractivity contribution in [2.75, 3.05) is 51.3 Å². The Labute approximate surface area is 145 Å². The second-order valence-corrected chi connectivity index (χ2v) is 6.59. The Balaban J connectivity index is 1.91. The van der Waals surface area contributed by atoms with Gasteiger partial charge in [0.25, 0.3) is 0 Å². The molecular weight excluding hydrogens is 302 g/mol. The highest BCUT2D eigenvalue weighted by molar-refractivity contribution is 5.83. The van der Waals surface area contributed by atoms with Crippen molar-refractivity contribution in [1.29, 1.82) is 0 Å². The summed E-state index contributed by atoms with van der Waals surface area (Å²) < 4.78 is 5.34. The van der Waals surface area contributed by atoms with E-state index >= 15 is 0 Å². The van der Waals surface area contributed by atoms with Crippen LogP contribution in [-0.2, 0) is 9.53 Å². The highest BCUT2D eigenvalue weighted by Crippen LogP contribution is 2.29. The molecule has 0 bridgehead atoms. The lowest BCUT2D eigenvalue weighted by molar-refractivity contribution is -0.136. The van der Waals surface area contributed by atoms with Gasteiger partial charge >= 0.3 is 0 Å². The van der Waals surface area contributed by atoms with E-state index in [1.54, 1.807) is 7.11 Å². The standard InChI is InChI=1S/C19H31N3O2/c1-4-22(17-8-6-5-7-16(17)2)14-13-21-18(23)19(15-24-3)9-11-20-12-10-19/h5-8,20H,4,9-15H2,1-3H3,(H,21,23). The van der Waals surface area contributed by atoms with Gasteiger partial charge in [-0.15, -0.1) is 0 Å². The fourth-order valence-corrected chi connectivity index (χ4v) is 3.48. The third-order valence-corrected chi connectivity index (χ3v) is 4.97. The van der Waals surface area contributed by atoms with Crippen molar-refractivity contribution in [3.8, 4) is 0 Å². The summed E-state index contributed by atoms with van der Waals surface area (Å²) in [5.74, 6) is 0.131. The van der Waals surface area contributed by atoms with Crippen molar-refractivity contribution >= 4 is 11.6 Å². The van der Waals surface area contributed by atoms with E-state index < -0.39 is 0 Å². The molecule has 0 saturated carbocycles. The molecule has 1 heterocycles. The van der Waals surface area contributed by atoms with Gasteiger partial charge in [0.15, 0.2) is 0 Å². The van der Waals surface area contributed by atoms with Gasteiger partial charge in [0.2, 0.25) is 5.91 Å². The molecule has 2 rings (SSSR count). The molecule has 1 amide bonds. The van der Waals surface area contributed by atoms with Gasteiger partial charge in [-0.3, -0.25) is 4.79 Å². The zero-order valence-electron chi connectivity index (χ0n) is 15.2. The number of likely N-dealkylation sites (N-methyl/N-ethyl adjacent to an activating group) is 1. The summed E-state index contributed by atoms with van der Waals surface area (Å²) in [6, 6.07) is 8.38. The smallest absolute Gasteiger partial charge is 0.228 e. The van der Waals surface area contributed by atoms with Gasteiger partial charge in [-0.25, -0.2) is 0 Å². The molecule has 0 radical (unpaired) electrons. The van der Waals surface area contributed by atoms with Crippen LogP contribution in [0, 0.1) is 12.3 Å². The monoisotopic (exact) mass is 333 g/mol. The number of rotatable bonds is 8. The first-order valence-electron chi connectivity index (χ1n) is 8.91. The van der Waals surface area contributed by atoms with Crippen LogP contribution in [0.2, 0.25) is 0 Å². The van der Waals surface area contributed by atoms with Gasteiger partial charge in [-0.1, -0.05) is 18.2 Å². The number of hydrogen-bond donors (Lipinski definition) is 2. The Morgan fingerprint density at radius 2 is 2.04 bits per heavy atom. The Morgan fingerprint density at radius 1 is 1.33 bits per heavy atom. The summed E-state index contributed by atoms with van der Waals surface area (Å²) in [4.78, 5) is 15.1. The Morgan fingerprint density at radius 3 is 2.67 bits per heavy atom. The van der Waals surface area contributed by atoms with Gasteiger partial charge < -0.3 is 20.3 Å². The Kier molecular flexibility index (Phi) is 7.06. The Hall–Kier alpha value is -1.59. The first-order valence-corrected chi connectivity index (χ1v) is 8.91. The molecule has 5 heteroatoms. The molecule has 0 aromatic heterocycles. The van der Waals surface area contributed by atoms with Gasteiger partial charge in [-0.2, -0.15) is 0 Å². The number of aryl methyl sites for hydroxylation is 1. The molecular formula is C19H31N3O2. The molecule has 134 valence electrons. The molecule has 1 saturated heterocycles. The van der Waals surface area contributed by atoms with E-state index in [-0.39, 0.29) is 11.3 Å². The van der Waals surface area contributed by atoms with Gasteiger partial charge in [0.05, 0.1) is 12.0 Å². The van der Waals surface area contributed by atoms with Crippen molar-refractivity contribution in [2.24, 2.45) is 5.41 Å². The van der Waals surface area contributed by atoms with E-state index in [9.17, 15) is 4.79 Å². The zero-order valence-corrected chi connectivity index (χ0v) is 15.2. The van der Waals surface area contributed by atoms with E-state index in [2.05, 4.69) is 53.6 Å². The third kappa shape index (κ3) is 4.48. The third-order valence-electron chi connectivity index (χ3n) is 4.97. The van der Waals surface area contributed by atoms with Gasteiger partial charge in [0.1, 0.15) is 0 Å². The Bertz CT molecular complexity index is 522. The second kappa shape index (κ2) is 9.04. The molecule has 0 atom stereocenters. The number of methoxy groups -OCH3 is 1. The van der Waals surface area contributed by atoms with E-state index in [4.69, 9.17) is 4.74 Å². The molecule has 5 nitrogen and oxygen atoms in total. The molecule has 0 unspecified atom stereocenters. The summed E-state index contributed by atoms with van der Waals surface area (Å²) in [5.41, 5.74) is 2.13. The largest absolute Gasteiger partial charge is 0.384 e. The number of hydrogen-bond acceptors (Lipinski definition) is 4. The molecule has 1 aliphatic rings. The van der Waals surface area contributed by atoms with Crippen LogP contribution in [0.5, 0.6) is 0 Å². The normalized spacial score (nSPS) is 16.6. The molecule has 2 N–H and O–H groups in total. The molecule has 1 fully saturated rings. The average Bonchev–Trinajstić information content (AvgIpc) is 2.60. The zero-order chi connectivity index (χ0) is 17.4. The van der Waals surface area contributed by atoms with Crippen LogP contribution >= 0.6 is 0 Å². The lowest BCUT2D eigenvalue weighted by atomic mass is 9.78. The van der Waals surface area contributed by atoms with Crippen LogP contribution in [-0.4, -0.2) is 52.3 Å². The summed E-state index contributed by atoms with van der Waals surface area (Å²) in [7, 11) is 1.67.